The van der Waals surface area contributed by atoms with Gasteiger partial charge < -0.3 is 9.13 Å². The van der Waals surface area contributed by atoms with Gasteiger partial charge in [0.1, 0.15) is 0 Å². The highest BCUT2D eigenvalue weighted by atomic mass is 28.3. The van der Waals surface area contributed by atoms with Crippen molar-refractivity contribution < 1.29 is 0 Å². The van der Waals surface area contributed by atoms with Gasteiger partial charge >= 0.3 is 0 Å². The monoisotopic (exact) mass is 782 g/mol. The predicted molar refractivity (Wildman–Crippen MR) is 256 cm³/mol. The van der Waals surface area contributed by atoms with E-state index in [-0.39, 0.29) is 5.41 Å². The molecule has 0 saturated heterocycles. The van der Waals surface area contributed by atoms with Crippen molar-refractivity contribution in [1.82, 2.24) is 9.13 Å². The van der Waals surface area contributed by atoms with Crippen LogP contribution in [0.25, 0.3) is 66.1 Å². The molecule has 0 atom stereocenters. The summed E-state index contributed by atoms with van der Waals surface area (Å²) in [7, 11) is -2.88. The van der Waals surface area contributed by atoms with Crippen molar-refractivity contribution in [2.45, 2.75) is 19.3 Å². The molecule has 284 valence electrons. The van der Waals surface area contributed by atoms with E-state index in [1.807, 2.05) is 0 Å². The van der Waals surface area contributed by atoms with Crippen LogP contribution < -0.4 is 20.7 Å². The second-order valence-corrected chi connectivity index (χ2v) is 20.7. The first-order chi connectivity index (χ1) is 29.5. The molecule has 1 aliphatic rings. The summed E-state index contributed by atoms with van der Waals surface area (Å²) < 4.78 is 4.91. The minimum Gasteiger partial charge on any atom is -0.309 e. The lowest BCUT2D eigenvalue weighted by Crippen LogP contribution is -2.74. The normalized spacial score (nSPS) is 13.3. The highest BCUT2D eigenvalue weighted by Crippen LogP contribution is 2.51. The van der Waals surface area contributed by atoms with E-state index in [4.69, 9.17) is 0 Å². The smallest absolute Gasteiger partial charge is 0.179 e. The molecule has 3 heteroatoms. The van der Waals surface area contributed by atoms with Crippen LogP contribution in [0.2, 0.25) is 0 Å². The molecule has 60 heavy (non-hydrogen) atoms. The molecule has 0 spiro atoms. The van der Waals surface area contributed by atoms with Crippen molar-refractivity contribution in [3.63, 3.8) is 0 Å². The maximum absolute atomic E-state index is 2.88. The minimum atomic E-state index is -2.88. The summed E-state index contributed by atoms with van der Waals surface area (Å²) in [5.41, 5.74) is 12.7. The maximum Gasteiger partial charge on any atom is 0.179 e. The topological polar surface area (TPSA) is 9.86 Å². The van der Waals surface area contributed by atoms with Crippen LogP contribution in [0.4, 0.5) is 0 Å². The lowest BCUT2D eigenvalue weighted by Gasteiger charge is -2.34. The van der Waals surface area contributed by atoms with E-state index in [2.05, 4.69) is 241 Å². The van der Waals surface area contributed by atoms with Crippen LogP contribution in [-0.2, 0) is 5.41 Å². The van der Waals surface area contributed by atoms with Crippen molar-refractivity contribution in [2.24, 2.45) is 0 Å². The summed E-state index contributed by atoms with van der Waals surface area (Å²) in [5.74, 6) is 0. The Morgan fingerprint density at radius 1 is 0.317 bits per heavy atom. The zero-order valence-electron chi connectivity index (χ0n) is 33.7. The molecule has 12 rings (SSSR count). The van der Waals surface area contributed by atoms with Gasteiger partial charge in [-0.15, -0.1) is 0 Å². The summed E-state index contributed by atoms with van der Waals surface area (Å²) in [6.07, 6.45) is 0. The quantitative estimate of drug-likeness (QED) is 0.117. The molecule has 0 unspecified atom stereocenters. The van der Waals surface area contributed by atoms with E-state index in [9.17, 15) is 0 Å². The summed E-state index contributed by atoms with van der Waals surface area (Å²) >= 11 is 0. The van der Waals surface area contributed by atoms with E-state index in [0.29, 0.717) is 0 Å². The molecule has 0 bridgehead atoms. The van der Waals surface area contributed by atoms with Crippen LogP contribution in [0.15, 0.2) is 218 Å². The average Bonchev–Trinajstić information content (AvgIpc) is 3.90. The number of rotatable bonds is 6. The standard InChI is InChI=1S/C57H42N2Si/c1-57(2)51-27-15-12-24-45(51)48-37-50-47-26-14-17-29-54(47)59(56(50)38-52(48)57)40-30-32-43(33-31-40)60(41-20-8-4-9-21-41,42-22-10-5-11-23-42)44-34-35-55-49(36-44)46-25-13-16-28-53(46)58(55)39-18-6-3-7-19-39/h3-38H,1-2H3. The molecule has 2 nitrogen and oxygen atoms in total. The van der Waals surface area contributed by atoms with E-state index >= 15 is 0 Å². The van der Waals surface area contributed by atoms with Crippen LogP contribution in [0.3, 0.4) is 0 Å². The van der Waals surface area contributed by atoms with Crippen molar-refractivity contribution >= 4 is 72.4 Å². The largest absolute Gasteiger partial charge is 0.309 e. The number of hydrogen-bond donors (Lipinski definition) is 0. The summed E-state index contributed by atoms with van der Waals surface area (Å²) in [5, 5.41) is 10.6. The molecular formula is C57H42N2Si. The first-order valence-corrected chi connectivity index (χ1v) is 23.0. The van der Waals surface area contributed by atoms with Crippen molar-refractivity contribution in [3.05, 3.63) is 230 Å². The molecule has 2 heterocycles. The SMILES string of the molecule is CC1(C)c2ccccc2-c2cc3c4ccccc4n(-c4ccc([Si](c5ccccc5)(c5ccccc5)c5ccc6c(c5)c5ccccc5n6-c5ccccc5)cc4)c3cc21. The molecule has 0 amide bonds. The molecule has 0 saturated carbocycles. The van der Waals surface area contributed by atoms with Gasteiger partial charge in [-0.3, -0.25) is 0 Å². The zero-order valence-corrected chi connectivity index (χ0v) is 34.7. The highest BCUT2D eigenvalue weighted by molar-refractivity contribution is 7.20. The van der Waals surface area contributed by atoms with Gasteiger partial charge in [0.25, 0.3) is 0 Å². The van der Waals surface area contributed by atoms with Gasteiger partial charge in [-0.25, -0.2) is 0 Å². The fraction of sp³-hybridized carbons (Fsp3) is 0.0526. The Morgan fingerprint density at radius 2 is 0.783 bits per heavy atom. The fourth-order valence-electron chi connectivity index (χ4n) is 10.7. The van der Waals surface area contributed by atoms with E-state index in [1.165, 1.54) is 98.0 Å². The van der Waals surface area contributed by atoms with Gasteiger partial charge in [0.15, 0.2) is 8.07 Å². The average molecular weight is 783 g/mol. The molecule has 0 fully saturated rings. The van der Waals surface area contributed by atoms with Crippen molar-refractivity contribution in [3.8, 4) is 22.5 Å². The van der Waals surface area contributed by atoms with Crippen LogP contribution in [-0.4, -0.2) is 17.2 Å². The second kappa shape index (κ2) is 13.2. The summed E-state index contributed by atoms with van der Waals surface area (Å²) in [4.78, 5) is 0. The molecule has 0 radical (unpaired) electrons. The minimum absolute atomic E-state index is 0.0870. The van der Waals surface area contributed by atoms with Gasteiger partial charge in [0.2, 0.25) is 0 Å². The first kappa shape index (κ1) is 34.8. The molecule has 9 aromatic carbocycles. The zero-order chi connectivity index (χ0) is 40.0. The Kier molecular flexibility index (Phi) is 7.63. The summed E-state index contributed by atoms with van der Waals surface area (Å²) in [6.45, 7) is 4.75. The first-order valence-electron chi connectivity index (χ1n) is 21.0. The van der Waals surface area contributed by atoms with Gasteiger partial charge in [-0.05, 0) is 97.6 Å². The molecule has 11 aromatic rings. The van der Waals surface area contributed by atoms with E-state index < -0.39 is 8.07 Å². The number of benzene rings is 9. The number of para-hydroxylation sites is 3. The van der Waals surface area contributed by atoms with Gasteiger partial charge in [0.05, 0.1) is 22.1 Å². The number of fused-ring (bicyclic) bond motifs is 9. The second-order valence-electron chi connectivity index (χ2n) is 16.9. The Balaban J connectivity index is 1.10. The lowest BCUT2D eigenvalue weighted by atomic mass is 9.82. The van der Waals surface area contributed by atoms with Gasteiger partial charge in [-0.2, -0.15) is 0 Å². The van der Waals surface area contributed by atoms with Crippen molar-refractivity contribution in [1.29, 1.82) is 0 Å². The molecule has 1 aliphatic carbocycles. The third kappa shape index (κ3) is 4.87. The van der Waals surface area contributed by atoms with Crippen LogP contribution in [0.1, 0.15) is 25.0 Å². The van der Waals surface area contributed by atoms with E-state index in [1.54, 1.807) is 0 Å². The highest BCUT2D eigenvalue weighted by Gasteiger charge is 2.42. The maximum atomic E-state index is 2.52. The number of hydrogen-bond acceptors (Lipinski definition) is 0. The van der Waals surface area contributed by atoms with Crippen LogP contribution >= 0.6 is 0 Å². The number of aromatic nitrogens is 2. The lowest BCUT2D eigenvalue weighted by molar-refractivity contribution is 0.661. The Morgan fingerprint density at radius 3 is 1.43 bits per heavy atom. The van der Waals surface area contributed by atoms with Crippen LogP contribution in [0.5, 0.6) is 0 Å². The van der Waals surface area contributed by atoms with Crippen molar-refractivity contribution in [2.75, 3.05) is 0 Å². The molecule has 0 aliphatic heterocycles. The Labute approximate surface area is 351 Å². The predicted octanol–water partition coefficient (Wildman–Crippen LogP) is 11.6. The third-order valence-electron chi connectivity index (χ3n) is 13.5. The third-order valence-corrected chi connectivity index (χ3v) is 18.2. The van der Waals surface area contributed by atoms with Gasteiger partial charge in [-0.1, -0.05) is 178 Å². The van der Waals surface area contributed by atoms with E-state index in [0.717, 1.165) is 0 Å². The Hall–Kier alpha value is -7.20. The Bertz CT molecular complexity index is 3390. The molecular weight excluding hydrogens is 741 g/mol. The molecule has 2 aromatic heterocycles. The fourth-order valence-corrected chi connectivity index (χ4v) is 15.5. The van der Waals surface area contributed by atoms with Crippen LogP contribution in [0, 0.1) is 0 Å². The summed E-state index contributed by atoms with van der Waals surface area (Å²) in [6, 6.07) is 81.9. The van der Waals surface area contributed by atoms with Gasteiger partial charge in [0, 0.05) is 38.3 Å². The number of nitrogens with zero attached hydrogens (tertiary/aromatic N) is 2. The molecule has 0 N–H and O–H groups in total.